The quantitative estimate of drug-likeness (QED) is 0.727. The summed E-state index contributed by atoms with van der Waals surface area (Å²) in [6, 6.07) is 0. The lowest BCUT2D eigenvalue weighted by Gasteiger charge is -2.34. The van der Waals surface area contributed by atoms with Crippen LogP contribution in [0.4, 0.5) is 0 Å². The number of likely N-dealkylation sites (tertiary alicyclic amines) is 2. The van der Waals surface area contributed by atoms with E-state index in [9.17, 15) is 9.59 Å². The molecule has 0 radical (unpaired) electrons. The van der Waals surface area contributed by atoms with Crippen molar-refractivity contribution in [1.29, 1.82) is 0 Å². The molecule has 2 rings (SSSR count). The maximum atomic E-state index is 12.5. The number of piperidine rings is 1. The molecular formula is C15H26N2O2. The Labute approximate surface area is 116 Å². The molecule has 4 nitrogen and oxygen atoms in total. The SMILES string of the molecule is CC1CCCN(C(=O)C2CC(=O)N(C(C)(C)C)C2)C1. The van der Waals surface area contributed by atoms with Crippen molar-refractivity contribution < 1.29 is 9.59 Å². The van der Waals surface area contributed by atoms with E-state index in [1.54, 1.807) is 0 Å². The second-order valence-corrected chi connectivity index (χ2v) is 7.11. The highest BCUT2D eigenvalue weighted by molar-refractivity contribution is 5.89. The van der Waals surface area contributed by atoms with Gasteiger partial charge >= 0.3 is 0 Å². The molecule has 4 heteroatoms. The van der Waals surface area contributed by atoms with Crippen molar-refractivity contribution >= 4 is 11.8 Å². The minimum absolute atomic E-state index is 0.121. The number of nitrogens with zero attached hydrogens (tertiary/aromatic N) is 2. The molecule has 2 atom stereocenters. The zero-order valence-electron chi connectivity index (χ0n) is 12.6. The summed E-state index contributed by atoms with van der Waals surface area (Å²) in [6.45, 7) is 10.6. The summed E-state index contributed by atoms with van der Waals surface area (Å²) in [5.74, 6) is 0.771. The Morgan fingerprint density at radius 1 is 1.26 bits per heavy atom. The number of hydrogen-bond acceptors (Lipinski definition) is 2. The molecule has 0 spiro atoms. The summed E-state index contributed by atoms with van der Waals surface area (Å²) in [6.07, 6.45) is 2.69. The molecule has 0 saturated carbocycles. The lowest BCUT2D eigenvalue weighted by atomic mass is 9.98. The largest absolute Gasteiger partial charge is 0.342 e. The van der Waals surface area contributed by atoms with Crippen molar-refractivity contribution in [3.8, 4) is 0 Å². The third kappa shape index (κ3) is 3.10. The molecule has 108 valence electrons. The molecule has 19 heavy (non-hydrogen) atoms. The Bertz CT molecular complexity index is 373. The fraction of sp³-hybridized carbons (Fsp3) is 0.867. The van der Waals surface area contributed by atoms with Crippen molar-refractivity contribution in [2.75, 3.05) is 19.6 Å². The molecule has 2 fully saturated rings. The first-order chi connectivity index (χ1) is 8.79. The summed E-state index contributed by atoms with van der Waals surface area (Å²) >= 11 is 0. The minimum Gasteiger partial charge on any atom is -0.342 e. The van der Waals surface area contributed by atoms with Gasteiger partial charge in [0.25, 0.3) is 0 Å². The molecule has 2 unspecified atom stereocenters. The van der Waals surface area contributed by atoms with Gasteiger partial charge in [0, 0.05) is 31.6 Å². The maximum Gasteiger partial charge on any atom is 0.228 e. The van der Waals surface area contributed by atoms with Gasteiger partial charge < -0.3 is 9.80 Å². The molecule has 0 N–H and O–H groups in total. The summed E-state index contributed by atoms with van der Waals surface area (Å²) < 4.78 is 0. The van der Waals surface area contributed by atoms with E-state index in [0.29, 0.717) is 18.9 Å². The van der Waals surface area contributed by atoms with E-state index in [0.717, 1.165) is 19.5 Å². The number of carbonyl (C=O) groups is 2. The molecule has 0 aromatic carbocycles. The normalized spacial score (nSPS) is 28.9. The lowest BCUT2D eigenvalue weighted by molar-refractivity contribution is -0.137. The summed E-state index contributed by atoms with van der Waals surface area (Å²) in [5.41, 5.74) is -0.179. The van der Waals surface area contributed by atoms with E-state index in [2.05, 4.69) is 6.92 Å². The number of amides is 2. The molecule has 0 bridgehead atoms. The van der Waals surface area contributed by atoms with Gasteiger partial charge in [-0.15, -0.1) is 0 Å². The van der Waals surface area contributed by atoms with Crippen LogP contribution >= 0.6 is 0 Å². The summed E-state index contributed by atoms with van der Waals surface area (Å²) in [5, 5.41) is 0. The first-order valence-corrected chi connectivity index (χ1v) is 7.38. The van der Waals surface area contributed by atoms with Gasteiger partial charge in [-0.05, 0) is 39.5 Å². The minimum atomic E-state index is -0.179. The van der Waals surface area contributed by atoms with Gasteiger partial charge in [0.15, 0.2) is 0 Å². The fourth-order valence-electron chi connectivity index (χ4n) is 3.17. The topological polar surface area (TPSA) is 40.6 Å². The predicted molar refractivity (Wildman–Crippen MR) is 74.6 cm³/mol. The average molecular weight is 266 g/mol. The Kier molecular flexibility index (Phi) is 3.88. The Morgan fingerprint density at radius 2 is 1.95 bits per heavy atom. The van der Waals surface area contributed by atoms with Crippen molar-refractivity contribution in [1.82, 2.24) is 9.80 Å². The molecule has 0 aliphatic carbocycles. The van der Waals surface area contributed by atoms with E-state index < -0.39 is 0 Å². The standard InChI is InChI=1S/C15H26N2O2/c1-11-6-5-7-16(9-11)14(19)12-8-13(18)17(10-12)15(2,3)4/h11-12H,5-10H2,1-4H3. The molecule has 2 saturated heterocycles. The zero-order valence-corrected chi connectivity index (χ0v) is 12.6. The second-order valence-electron chi connectivity index (χ2n) is 7.11. The van der Waals surface area contributed by atoms with E-state index in [1.165, 1.54) is 6.42 Å². The summed E-state index contributed by atoms with van der Waals surface area (Å²) in [4.78, 5) is 28.4. The molecule has 2 heterocycles. The molecule has 2 aliphatic rings. The van der Waals surface area contributed by atoms with Gasteiger partial charge in [0.2, 0.25) is 11.8 Å². The third-order valence-electron chi connectivity index (χ3n) is 4.25. The number of rotatable bonds is 1. The van der Waals surface area contributed by atoms with Gasteiger partial charge in [-0.3, -0.25) is 9.59 Å². The highest BCUT2D eigenvalue weighted by Crippen LogP contribution is 2.28. The Morgan fingerprint density at radius 3 is 2.47 bits per heavy atom. The van der Waals surface area contributed by atoms with Gasteiger partial charge in [0.1, 0.15) is 0 Å². The van der Waals surface area contributed by atoms with Crippen molar-refractivity contribution in [2.24, 2.45) is 11.8 Å². The zero-order chi connectivity index (χ0) is 14.2. The molecule has 0 aromatic heterocycles. The van der Waals surface area contributed by atoms with Crippen LogP contribution in [0.5, 0.6) is 0 Å². The summed E-state index contributed by atoms with van der Waals surface area (Å²) in [7, 11) is 0. The van der Waals surface area contributed by atoms with Gasteiger partial charge in [-0.25, -0.2) is 0 Å². The number of hydrogen-bond donors (Lipinski definition) is 0. The van der Waals surface area contributed by atoms with Crippen LogP contribution in [0.25, 0.3) is 0 Å². The highest BCUT2D eigenvalue weighted by atomic mass is 16.2. The Hall–Kier alpha value is -1.06. The van der Waals surface area contributed by atoms with Gasteiger partial charge in [0.05, 0.1) is 5.92 Å². The van der Waals surface area contributed by atoms with E-state index in [1.807, 2.05) is 30.6 Å². The van der Waals surface area contributed by atoms with E-state index in [-0.39, 0.29) is 23.3 Å². The van der Waals surface area contributed by atoms with Crippen LogP contribution < -0.4 is 0 Å². The van der Waals surface area contributed by atoms with Crippen molar-refractivity contribution in [3.05, 3.63) is 0 Å². The van der Waals surface area contributed by atoms with Crippen LogP contribution in [-0.4, -0.2) is 46.8 Å². The van der Waals surface area contributed by atoms with Crippen molar-refractivity contribution in [3.63, 3.8) is 0 Å². The second kappa shape index (κ2) is 5.14. The predicted octanol–water partition coefficient (Wildman–Crippen LogP) is 1.89. The average Bonchev–Trinajstić information content (AvgIpc) is 2.70. The lowest BCUT2D eigenvalue weighted by Crippen LogP contribution is -2.45. The molecule has 0 aromatic rings. The van der Waals surface area contributed by atoms with Crippen LogP contribution in [0, 0.1) is 11.8 Å². The highest BCUT2D eigenvalue weighted by Gasteiger charge is 2.41. The fourth-order valence-corrected chi connectivity index (χ4v) is 3.17. The van der Waals surface area contributed by atoms with Crippen LogP contribution in [0.15, 0.2) is 0 Å². The van der Waals surface area contributed by atoms with Crippen LogP contribution in [0.2, 0.25) is 0 Å². The van der Waals surface area contributed by atoms with Crippen LogP contribution in [0.1, 0.15) is 47.0 Å². The van der Waals surface area contributed by atoms with E-state index in [4.69, 9.17) is 0 Å². The smallest absolute Gasteiger partial charge is 0.228 e. The first kappa shape index (κ1) is 14.4. The van der Waals surface area contributed by atoms with Gasteiger partial charge in [-0.2, -0.15) is 0 Å². The first-order valence-electron chi connectivity index (χ1n) is 7.38. The van der Waals surface area contributed by atoms with Crippen LogP contribution in [-0.2, 0) is 9.59 Å². The van der Waals surface area contributed by atoms with Gasteiger partial charge in [-0.1, -0.05) is 6.92 Å². The maximum absolute atomic E-state index is 12.5. The van der Waals surface area contributed by atoms with Crippen LogP contribution in [0.3, 0.4) is 0 Å². The third-order valence-corrected chi connectivity index (χ3v) is 4.25. The van der Waals surface area contributed by atoms with E-state index >= 15 is 0 Å². The molecule has 2 amide bonds. The number of carbonyl (C=O) groups excluding carboxylic acids is 2. The van der Waals surface area contributed by atoms with Crippen molar-refractivity contribution in [2.45, 2.75) is 52.5 Å². The monoisotopic (exact) mass is 266 g/mol. The molecular weight excluding hydrogens is 240 g/mol. The molecule has 2 aliphatic heterocycles. The Balaban J connectivity index is 2.00.